The molecule has 2 aliphatic heterocycles. The van der Waals surface area contributed by atoms with Gasteiger partial charge in [-0.2, -0.15) is 0 Å². The topological polar surface area (TPSA) is 65.4 Å². The summed E-state index contributed by atoms with van der Waals surface area (Å²) >= 11 is 0. The van der Waals surface area contributed by atoms with Crippen molar-refractivity contribution in [3.05, 3.63) is 29.8 Å². The molecule has 6 nitrogen and oxygen atoms in total. The highest BCUT2D eigenvalue weighted by atomic mass is 16.5. The van der Waals surface area contributed by atoms with Crippen LogP contribution in [-0.2, 0) is 11.3 Å². The minimum absolute atomic E-state index is 0.522. The first-order chi connectivity index (χ1) is 12.7. The van der Waals surface area contributed by atoms with Crippen LogP contribution < -0.4 is 4.74 Å². The van der Waals surface area contributed by atoms with Crippen molar-refractivity contribution in [3.63, 3.8) is 0 Å². The molecule has 2 saturated heterocycles. The standard InChI is InChI=1S/C20H32N2O4/c23-19-6-8-22(16-20(19)24)15-17-4-3-5-18(14-17)26-11-2-1-7-21-9-12-25-13-10-21/h3-5,14,19-20,23-24H,1-2,6-13,15-16H2/t19-,20-/m1/s1. The average Bonchev–Trinajstić information content (AvgIpc) is 2.66. The van der Waals surface area contributed by atoms with Gasteiger partial charge in [-0.25, -0.2) is 0 Å². The Morgan fingerprint density at radius 2 is 1.88 bits per heavy atom. The predicted molar refractivity (Wildman–Crippen MR) is 100 cm³/mol. The first kappa shape index (κ1) is 19.6. The first-order valence-electron chi connectivity index (χ1n) is 9.81. The number of aliphatic hydroxyl groups is 2. The predicted octanol–water partition coefficient (Wildman–Crippen LogP) is 1.11. The molecule has 0 spiro atoms. The number of hydrogen-bond donors (Lipinski definition) is 2. The third-order valence-corrected chi connectivity index (χ3v) is 5.18. The third-order valence-electron chi connectivity index (χ3n) is 5.18. The molecule has 0 aromatic heterocycles. The van der Waals surface area contributed by atoms with Gasteiger partial charge in [0.2, 0.25) is 0 Å². The fourth-order valence-electron chi connectivity index (χ4n) is 3.57. The van der Waals surface area contributed by atoms with Crippen molar-refractivity contribution in [3.8, 4) is 5.75 Å². The Labute approximate surface area is 156 Å². The van der Waals surface area contributed by atoms with Crippen LogP contribution in [0.15, 0.2) is 24.3 Å². The molecule has 0 bridgehead atoms. The van der Waals surface area contributed by atoms with E-state index in [1.807, 2.05) is 12.1 Å². The lowest BCUT2D eigenvalue weighted by Gasteiger charge is -2.33. The van der Waals surface area contributed by atoms with Crippen molar-refractivity contribution < 1.29 is 19.7 Å². The van der Waals surface area contributed by atoms with E-state index in [2.05, 4.69) is 21.9 Å². The van der Waals surface area contributed by atoms with Crippen LogP contribution in [-0.4, -0.2) is 84.8 Å². The zero-order valence-electron chi connectivity index (χ0n) is 15.6. The molecule has 146 valence electrons. The van der Waals surface area contributed by atoms with Crippen LogP contribution in [0.2, 0.25) is 0 Å². The number of β-amino-alcohol motifs (C(OH)–C–C–N with tert-alkyl or cyclic N) is 1. The van der Waals surface area contributed by atoms with Crippen molar-refractivity contribution in [2.24, 2.45) is 0 Å². The number of morpholine rings is 1. The van der Waals surface area contributed by atoms with Gasteiger partial charge in [0.05, 0.1) is 32.0 Å². The molecule has 1 aromatic carbocycles. The van der Waals surface area contributed by atoms with Gasteiger partial charge in [-0.3, -0.25) is 9.80 Å². The second-order valence-electron chi connectivity index (χ2n) is 7.32. The lowest BCUT2D eigenvalue weighted by Crippen LogP contribution is -2.46. The maximum absolute atomic E-state index is 9.81. The van der Waals surface area contributed by atoms with Crippen LogP contribution in [0.25, 0.3) is 0 Å². The number of piperidine rings is 1. The Hall–Kier alpha value is -1.18. The van der Waals surface area contributed by atoms with Crippen LogP contribution >= 0.6 is 0 Å². The van der Waals surface area contributed by atoms with E-state index >= 15 is 0 Å². The molecule has 0 saturated carbocycles. The van der Waals surface area contributed by atoms with Gasteiger partial charge in [-0.15, -0.1) is 0 Å². The van der Waals surface area contributed by atoms with E-state index < -0.39 is 12.2 Å². The summed E-state index contributed by atoms with van der Waals surface area (Å²) in [6, 6.07) is 8.19. The van der Waals surface area contributed by atoms with E-state index in [0.29, 0.717) is 13.0 Å². The van der Waals surface area contributed by atoms with Crippen molar-refractivity contribution in [1.82, 2.24) is 9.80 Å². The molecule has 6 heteroatoms. The van der Waals surface area contributed by atoms with E-state index in [1.165, 1.54) is 5.56 Å². The van der Waals surface area contributed by atoms with Crippen molar-refractivity contribution in [2.45, 2.75) is 38.0 Å². The highest BCUT2D eigenvalue weighted by molar-refractivity contribution is 5.28. The summed E-state index contributed by atoms with van der Waals surface area (Å²) in [7, 11) is 0. The minimum Gasteiger partial charge on any atom is -0.494 e. The van der Waals surface area contributed by atoms with Crippen molar-refractivity contribution in [2.75, 3.05) is 52.5 Å². The van der Waals surface area contributed by atoms with E-state index in [0.717, 1.165) is 71.1 Å². The van der Waals surface area contributed by atoms with Crippen molar-refractivity contribution >= 4 is 0 Å². The lowest BCUT2D eigenvalue weighted by atomic mass is 10.0. The number of nitrogens with zero attached hydrogens (tertiary/aromatic N) is 2. The first-order valence-corrected chi connectivity index (χ1v) is 9.81. The van der Waals surface area contributed by atoms with E-state index in [1.54, 1.807) is 0 Å². The molecule has 2 fully saturated rings. The average molecular weight is 364 g/mol. The summed E-state index contributed by atoms with van der Waals surface area (Å²) in [5, 5.41) is 19.4. The SMILES string of the molecule is O[C@@H]1CCN(Cc2cccc(OCCCCN3CCOCC3)c2)C[C@H]1O. The van der Waals surface area contributed by atoms with Crippen molar-refractivity contribution in [1.29, 1.82) is 0 Å². The van der Waals surface area contributed by atoms with Gasteiger partial charge < -0.3 is 19.7 Å². The molecule has 26 heavy (non-hydrogen) atoms. The van der Waals surface area contributed by atoms with Gasteiger partial charge >= 0.3 is 0 Å². The molecule has 0 amide bonds. The monoisotopic (exact) mass is 364 g/mol. The largest absolute Gasteiger partial charge is 0.494 e. The maximum atomic E-state index is 9.81. The highest BCUT2D eigenvalue weighted by Gasteiger charge is 2.25. The molecule has 0 aliphatic carbocycles. The quantitative estimate of drug-likeness (QED) is 0.674. The summed E-state index contributed by atoms with van der Waals surface area (Å²) < 4.78 is 11.3. The van der Waals surface area contributed by atoms with Gasteiger partial charge in [0.1, 0.15) is 5.75 Å². The fraction of sp³-hybridized carbons (Fsp3) is 0.700. The van der Waals surface area contributed by atoms with E-state index in [-0.39, 0.29) is 0 Å². The van der Waals surface area contributed by atoms with Crippen LogP contribution in [0.4, 0.5) is 0 Å². The fourth-order valence-corrected chi connectivity index (χ4v) is 3.57. The number of likely N-dealkylation sites (tertiary alicyclic amines) is 1. The molecule has 0 radical (unpaired) electrons. The molecule has 1 aromatic rings. The van der Waals surface area contributed by atoms with Crippen LogP contribution in [0.1, 0.15) is 24.8 Å². The molecular weight excluding hydrogens is 332 g/mol. The van der Waals surface area contributed by atoms with Crippen LogP contribution in [0.3, 0.4) is 0 Å². The van der Waals surface area contributed by atoms with Gasteiger partial charge in [0, 0.05) is 32.7 Å². The van der Waals surface area contributed by atoms with Gasteiger partial charge in [0.15, 0.2) is 0 Å². The molecule has 2 N–H and O–H groups in total. The summed E-state index contributed by atoms with van der Waals surface area (Å²) in [5.41, 5.74) is 1.18. The Kier molecular flexibility index (Phi) is 7.70. The summed E-state index contributed by atoms with van der Waals surface area (Å²) in [6.07, 6.45) is 1.60. The zero-order chi connectivity index (χ0) is 18.2. The summed E-state index contributed by atoms with van der Waals surface area (Å²) in [5.74, 6) is 0.909. The molecule has 0 unspecified atom stereocenters. The molecule has 3 rings (SSSR count). The number of hydrogen-bond acceptors (Lipinski definition) is 6. The number of ether oxygens (including phenoxy) is 2. The Morgan fingerprint density at radius 1 is 1.04 bits per heavy atom. The molecule has 2 heterocycles. The van der Waals surface area contributed by atoms with Gasteiger partial charge in [-0.1, -0.05) is 12.1 Å². The number of benzene rings is 1. The molecular formula is C20H32N2O4. The molecule has 2 aliphatic rings. The minimum atomic E-state index is -0.644. The van der Waals surface area contributed by atoms with Gasteiger partial charge in [0.25, 0.3) is 0 Å². The molecule has 2 atom stereocenters. The Balaban J connectivity index is 1.35. The summed E-state index contributed by atoms with van der Waals surface area (Å²) in [4.78, 5) is 4.63. The number of unbranched alkanes of at least 4 members (excludes halogenated alkanes) is 1. The maximum Gasteiger partial charge on any atom is 0.119 e. The zero-order valence-corrected chi connectivity index (χ0v) is 15.6. The second-order valence-corrected chi connectivity index (χ2v) is 7.32. The summed E-state index contributed by atoms with van der Waals surface area (Å²) in [6.45, 7) is 7.78. The van der Waals surface area contributed by atoms with Gasteiger partial charge in [-0.05, 0) is 43.5 Å². The Bertz CT molecular complexity index is 536. The highest BCUT2D eigenvalue weighted by Crippen LogP contribution is 2.18. The second kappa shape index (κ2) is 10.2. The third kappa shape index (κ3) is 6.21. The normalized spacial score (nSPS) is 25.3. The lowest BCUT2D eigenvalue weighted by molar-refractivity contribution is -0.0403. The van der Waals surface area contributed by atoms with Crippen LogP contribution in [0.5, 0.6) is 5.75 Å². The Morgan fingerprint density at radius 3 is 2.69 bits per heavy atom. The smallest absolute Gasteiger partial charge is 0.119 e. The van der Waals surface area contributed by atoms with Crippen LogP contribution in [0, 0.1) is 0 Å². The number of aliphatic hydroxyl groups excluding tert-OH is 2. The van der Waals surface area contributed by atoms with E-state index in [9.17, 15) is 10.2 Å². The number of rotatable bonds is 8. The van der Waals surface area contributed by atoms with E-state index in [4.69, 9.17) is 9.47 Å².